The molecule has 0 fully saturated rings. The number of carbonyl (C=O) groups excluding carboxylic acids is 2. The number of urea groups is 2. The van der Waals surface area contributed by atoms with E-state index in [1.807, 2.05) is 70.7 Å². The summed E-state index contributed by atoms with van der Waals surface area (Å²) in [5, 5.41) is 6.03. The van der Waals surface area contributed by atoms with E-state index in [-0.39, 0.29) is 12.1 Å². The molecule has 2 bridgehead atoms. The van der Waals surface area contributed by atoms with Gasteiger partial charge in [0.1, 0.15) is 0 Å². The van der Waals surface area contributed by atoms with Crippen molar-refractivity contribution in [2.24, 2.45) is 0 Å². The fourth-order valence-electron chi connectivity index (χ4n) is 3.51. The summed E-state index contributed by atoms with van der Waals surface area (Å²) in [6, 6.07) is 14.8. The number of anilines is 4. The van der Waals surface area contributed by atoms with Crippen molar-refractivity contribution in [2.75, 3.05) is 20.4 Å². The first-order valence-electron chi connectivity index (χ1n) is 8.87. The minimum atomic E-state index is -0.918. The van der Waals surface area contributed by atoms with Gasteiger partial charge in [0.05, 0.1) is 0 Å². The molecule has 0 saturated heterocycles. The van der Waals surface area contributed by atoms with Gasteiger partial charge in [-0.3, -0.25) is 0 Å². The molecule has 6 rings (SSSR count). The molecule has 29 heavy (non-hydrogen) atoms. The number of nitrogens with zero attached hydrogens (tertiary/aromatic N) is 4. The third-order valence-electron chi connectivity index (χ3n) is 4.85. The van der Waals surface area contributed by atoms with E-state index in [9.17, 15) is 9.59 Å². The summed E-state index contributed by atoms with van der Waals surface area (Å²) in [5.74, 6) is 0. The zero-order valence-corrected chi connectivity index (χ0v) is 17.1. The number of amides is 4. The van der Waals surface area contributed by atoms with Crippen molar-refractivity contribution in [3.8, 4) is 0 Å². The Labute approximate surface area is 173 Å². The molecule has 2 aromatic carbocycles. The van der Waals surface area contributed by atoms with E-state index in [1.165, 1.54) is 0 Å². The van der Waals surface area contributed by atoms with Crippen LogP contribution in [0.2, 0.25) is 0 Å². The monoisotopic (exact) mass is 565 g/mol. The SMILES string of the molecule is O=C1Nc2ccccc2N2C=CN3C(=O)Nc4ccccc4N4C=CN1[C]4=[Pt]=[C]32. The molecule has 9 heteroatoms. The van der Waals surface area contributed by atoms with Crippen LogP contribution in [0.15, 0.2) is 73.3 Å². The first kappa shape index (κ1) is 16.4. The Balaban J connectivity index is 1.66. The summed E-state index contributed by atoms with van der Waals surface area (Å²) in [5.41, 5.74) is 3.04. The van der Waals surface area contributed by atoms with E-state index in [4.69, 9.17) is 0 Å². The summed E-state index contributed by atoms with van der Waals surface area (Å²) in [6.07, 6.45) is 7.29. The predicted octanol–water partition coefficient (Wildman–Crippen LogP) is 2.92. The molecule has 4 aliphatic rings. The molecule has 2 aromatic rings. The third-order valence-corrected chi connectivity index (χ3v) is 8.06. The van der Waals surface area contributed by atoms with Crippen LogP contribution in [0.3, 0.4) is 0 Å². The first-order valence-corrected chi connectivity index (χ1v) is 11.1. The van der Waals surface area contributed by atoms with Gasteiger partial charge in [-0.15, -0.1) is 0 Å². The molecule has 0 spiro atoms. The van der Waals surface area contributed by atoms with Gasteiger partial charge >= 0.3 is 174 Å². The van der Waals surface area contributed by atoms with E-state index < -0.39 is 17.6 Å². The van der Waals surface area contributed by atoms with Crippen LogP contribution in [0.4, 0.5) is 32.3 Å². The topological polar surface area (TPSA) is 71.2 Å². The number of hydrogen-bond donors (Lipinski definition) is 2. The van der Waals surface area contributed by atoms with Crippen molar-refractivity contribution in [1.82, 2.24) is 9.80 Å². The maximum absolute atomic E-state index is 13.1. The Bertz CT molecular complexity index is 1140. The Morgan fingerprint density at radius 3 is 1.48 bits per heavy atom. The molecule has 0 unspecified atom stereocenters. The van der Waals surface area contributed by atoms with E-state index in [0.29, 0.717) is 11.4 Å². The average molecular weight is 565 g/mol. The molecule has 0 aromatic heterocycles. The normalized spacial score (nSPS) is 19.2. The molecule has 8 nitrogen and oxygen atoms in total. The number of hydrogen-bond acceptors (Lipinski definition) is 4. The van der Waals surface area contributed by atoms with E-state index >= 15 is 0 Å². The summed E-state index contributed by atoms with van der Waals surface area (Å²) in [4.78, 5) is 33.5. The van der Waals surface area contributed by atoms with Crippen LogP contribution in [0.25, 0.3) is 0 Å². The Morgan fingerprint density at radius 1 is 0.586 bits per heavy atom. The van der Waals surface area contributed by atoms with Crippen LogP contribution in [0, 0.1) is 0 Å². The van der Waals surface area contributed by atoms with Crippen molar-refractivity contribution in [1.29, 1.82) is 0 Å². The van der Waals surface area contributed by atoms with Crippen molar-refractivity contribution >= 4 is 43.1 Å². The van der Waals surface area contributed by atoms with Crippen LogP contribution < -0.4 is 20.4 Å². The summed E-state index contributed by atoms with van der Waals surface area (Å²) in [7, 11) is 0. The second kappa shape index (κ2) is 5.99. The van der Waals surface area contributed by atoms with Crippen molar-refractivity contribution < 1.29 is 27.2 Å². The van der Waals surface area contributed by atoms with Crippen LogP contribution in [0.5, 0.6) is 0 Å². The molecule has 4 aliphatic heterocycles. The van der Waals surface area contributed by atoms with Gasteiger partial charge in [0.2, 0.25) is 0 Å². The fraction of sp³-hybridized carbons (Fsp3) is 0. The fourth-order valence-corrected chi connectivity index (χ4v) is 6.74. The first-order chi connectivity index (χ1) is 14.2. The number of fused-ring (bicyclic) bond motifs is 4. The van der Waals surface area contributed by atoms with E-state index in [2.05, 4.69) is 10.6 Å². The standard InChI is InChI=1S/C20H14N6O2.Pt/c27-19-21-15-5-1-3-7-17(15)23-9-11-26(13-23)20(28)22-16-6-2-4-8-18(16)24-10-12-25(19)14-24;/h1-12H,(H,21,27)(H,22,28);. The van der Waals surface area contributed by atoms with Crippen molar-refractivity contribution in [2.45, 2.75) is 0 Å². The second-order valence-electron chi connectivity index (χ2n) is 6.53. The van der Waals surface area contributed by atoms with Gasteiger partial charge in [0, 0.05) is 0 Å². The van der Waals surface area contributed by atoms with Crippen LogP contribution in [0.1, 0.15) is 0 Å². The molecule has 4 amide bonds. The molecular formula is C20H14N6O2Pt. The molecular weight excluding hydrogens is 551 g/mol. The maximum atomic E-state index is 13.1. The van der Waals surface area contributed by atoms with Crippen LogP contribution in [-0.4, -0.2) is 30.2 Å². The molecule has 146 valence electrons. The zero-order valence-electron chi connectivity index (χ0n) is 14.8. The number of nitrogens with one attached hydrogen (secondary N) is 2. The summed E-state index contributed by atoms with van der Waals surface area (Å²) >= 11 is -0.918. The summed E-state index contributed by atoms with van der Waals surface area (Å²) < 4.78 is 1.71. The van der Waals surface area contributed by atoms with Gasteiger partial charge in [0.15, 0.2) is 0 Å². The zero-order chi connectivity index (χ0) is 19.5. The van der Waals surface area contributed by atoms with E-state index in [0.717, 1.165) is 19.7 Å². The molecule has 0 aliphatic carbocycles. The van der Waals surface area contributed by atoms with Gasteiger partial charge in [-0.25, -0.2) is 0 Å². The van der Waals surface area contributed by atoms with Gasteiger partial charge < -0.3 is 0 Å². The predicted molar refractivity (Wildman–Crippen MR) is 108 cm³/mol. The van der Waals surface area contributed by atoms with Gasteiger partial charge in [0.25, 0.3) is 0 Å². The van der Waals surface area contributed by atoms with Gasteiger partial charge in [-0.1, -0.05) is 0 Å². The number of rotatable bonds is 0. The summed E-state index contributed by atoms with van der Waals surface area (Å²) in [6.45, 7) is 0. The average Bonchev–Trinajstić information content (AvgIpc) is 3.33. The van der Waals surface area contributed by atoms with Gasteiger partial charge in [-0.2, -0.15) is 0 Å². The van der Waals surface area contributed by atoms with Crippen LogP contribution >= 0.6 is 0 Å². The number of benzene rings is 2. The van der Waals surface area contributed by atoms with Crippen molar-refractivity contribution in [3.63, 3.8) is 0 Å². The molecule has 0 saturated carbocycles. The molecule has 0 radical (unpaired) electrons. The van der Waals surface area contributed by atoms with Crippen molar-refractivity contribution in [3.05, 3.63) is 73.3 Å². The second-order valence-corrected chi connectivity index (χ2v) is 9.13. The minimum absolute atomic E-state index is 0.223. The quantitative estimate of drug-likeness (QED) is 0.516. The Kier molecular flexibility index (Phi) is 3.40. The number of para-hydroxylation sites is 4. The third kappa shape index (κ3) is 2.36. The Hall–Kier alpha value is -3.51. The van der Waals surface area contributed by atoms with E-state index in [1.54, 1.807) is 22.2 Å². The van der Waals surface area contributed by atoms with Crippen LogP contribution in [-0.2, 0) is 17.6 Å². The van der Waals surface area contributed by atoms with Gasteiger partial charge in [-0.05, 0) is 0 Å². The Morgan fingerprint density at radius 2 is 1.00 bits per heavy atom. The molecule has 4 heterocycles. The molecule has 0 atom stereocenters. The molecule has 2 N–H and O–H groups in total. The number of carbonyl (C=O) groups is 2.